The third-order valence-corrected chi connectivity index (χ3v) is 4.67. The first kappa shape index (κ1) is 15.0. The molecule has 2 unspecified atom stereocenters. The largest absolute Gasteiger partial charge is 0.373 e. The van der Waals surface area contributed by atoms with Gasteiger partial charge in [0.2, 0.25) is 0 Å². The van der Waals surface area contributed by atoms with E-state index >= 15 is 0 Å². The Bertz CT molecular complexity index is 479. The zero-order valence-corrected chi connectivity index (χ0v) is 14.2. The Kier molecular flexibility index (Phi) is 5.03. The number of morpholine rings is 1. The molecule has 19 heavy (non-hydrogen) atoms. The maximum atomic E-state index is 12.6. The summed E-state index contributed by atoms with van der Waals surface area (Å²) in [4.78, 5) is 14.5. The second-order valence-corrected chi connectivity index (χ2v) is 6.40. The molecule has 1 aliphatic rings. The van der Waals surface area contributed by atoms with Gasteiger partial charge in [-0.05, 0) is 47.5 Å². The molecule has 1 aromatic rings. The smallest absolute Gasteiger partial charge is 0.255 e. The van der Waals surface area contributed by atoms with Gasteiger partial charge >= 0.3 is 0 Å². The van der Waals surface area contributed by atoms with Crippen molar-refractivity contribution in [1.82, 2.24) is 4.90 Å². The van der Waals surface area contributed by atoms with Crippen LogP contribution in [0.2, 0.25) is 0 Å². The van der Waals surface area contributed by atoms with Crippen LogP contribution in [0.25, 0.3) is 0 Å². The van der Waals surface area contributed by atoms with E-state index in [0.717, 1.165) is 15.4 Å². The van der Waals surface area contributed by atoms with Crippen molar-refractivity contribution in [3.8, 4) is 0 Å². The Balaban J connectivity index is 2.22. The van der Waals surface area contributed by atoms with Crippen molar-refractivity contribution >= 4 is 37.8 Å². The Morgan fingerprint density at radius 3 is 2.89 bits per heavy atom. The Labute approximate surface area is 130 Å². The van der Waals surface area contributed by atoms with E-state index in [9.17, 15) is 4.79 Å². The molecule has 1 aliphatic heterocycles. The van der Waals surface area contributed by atoms with Gasteiger partial charge in [-0.3, -0.25) is 4.79 Å². The number of rotatable bonds is 2. The molecule has 104 valence electrons. The number of nitrogens with zero attached hydrogens (tertiary/aromatic N) is 1. The number of aryl methyl sites for hydroxylation is 1. The molecule has 1 heterocycles. The number of hydrogen-bond acceptors (Lipinski definition) is 2. The molecule has 1 saturated heterocycles. The lowest BCUT2D eigenvalue weighted by Crippen LogP contribution is -2.51. The Morgan fingerprint density at radius 1 is 1.53 bits per heavy atom. The summed E-state index contributed by atoms with van der Waals surface area (Å²) in [5, 5.41) is 0.749. The van der Waals surface area contributed by atoms with E-state index in [1.165, 1.54) is 0 Å². The van der Waals surface area contributed by atoms with E-state index in [0.29, 0.717) is 18.7 Å². The average Bonchev–Trinajstić information content (AvgIpc) is 2.38. The normalized spacial score (nSPS) is 23.5. The maximum absolute atomic E-state index is 12.6. The number of halogens is 2. The number of carbonyl (C=O) groups excluding carboxylic acids is 1. The van der Waals surface area contributed by atoms with Crippen molar-refractivity contribution in [2.45, 2.75) is 26.0 Å². The molecule has 0 aliphatic carbocycles. The van der Waals surface area contributed by atoms with Crippen LogP contribution in [0.3, 0.4) is 0 Å². The van der Waals surface area contributed by atoms with E-state index < -0.39 is 0 Å². The summed E-state index contributed by atoms with van der Waals surface area (Å²) in [6, 6.07) is 5.93. The van der Waals surface area contributed by atoms with E-state index in [4.69, 9.17) is 4.74 Å². The molecule has 0 bridgehead atoms. The highest BCUT2D eigenvalue weighted by molar-refractivity contribution is 9.10. The van der Waals surface area contributed by atoms with Crippen molar-refractivity contribution < 1.29 is 9.53 Å². The standard InChI is InChI=1S/C14H17Br2NO2/c1-9-3-4-12(13(16)5-9)14(18)17-7-11(6-15)19-8-10(17)2/h3-5,10-11H,6-8H2,1-2H3. The van der Waals surface area contributed by atoms with E-state index in [1.54, 1.807) is 0 Å². The zero-order valence-electron chi connectivity index (χ0n) is 11.0. The third kappa shape index (κ3) is 3.38. The summed E-state index contributed by atoms with van der Waals surface area (Å²) < 4.78 is 6.51. The molecule has 5 heteroatoms. The van der Waals surface area contributed by atoms with Gasteiger partial charge in [-0.15, -0.1) is 0 Å². The fourth-order valence-corrected chi connectivity index (χ4v) is 3.20. The van der Waals surface area contributed by atoms with Crippen LogP contribution in [0.1, 0.15) is 22.8 Å². The molecule has 1 amide bonds. The first-order chi connectivity index (χ1) is 9.02. The summed E-state index contributed by atoms with van der Waals surface area (Å²) in [7, 11) is 0. The predicted octanol–water partition coefficient (Wildman–Crippen LogP) is 3.38. The highest BCUT2D eigenvalue weighted by atomic mass is 79.9. The lowest BCUT2D eigenvalue weighted by atomic mass is 10.1. The van der Waals surface area contributed by atoms with Gasteiger partial charge in [0.25, 0.3) is 5.91 Å². The second-order valence-electron chi connectivity index (χ2n) is 4.90. The molecule has 0 spiro atoms. The summed E-state index contributed by atoms with van der Waals surface area (Å²) in [5.74, 6) is 0.0635. The first-order valence-corrected chi connectivity index (χ1v) is 8.19. The highest BCUT2D eigenvalue weighted by Gasteiger charge is 2.30. The number of hydrogen-bond donors (Lipinski definition) is 0. The van der Waals surface area contributed by atoms with Crippen LogP contribution < -0.4 is 0 Å². The van der Waals surface area contributed by atoms with Crippen LogP contribution in [0.15, 0.2) is 22.7 Å². The molecule has 1 aromatic carbocycles. The lowest BCUT2D eigenvalue weighted by Gasteiger charge is -2.37. The summed E-state index contributed by atoms with van der Waals surface area (Å²) in [6.45, 7) is 5.25. The molecule has 0 N–H and O–H groups in total. The molecule has 0 saturated carbocycles. The molecule has 2 atom stereocenters. The van der Waals surface area contributed by atoms with Gasteiger partial charge in [-0.1, -0.05) is 22.0 Å². The van der Waals surface area contributed by atoms with Crippen molar-refractivity contribution in [2.24, 2.45) is 0 Å². The molecule has 3 nitrogen and oxygen atoms in total. The molecule has 0 aromatic heterocycles. The SMILES string of the molecule is Cc1ccc(C(=O)N2CC(CBr)OCC2C)c(Br)c1. The van der Waals surface area contributed by atoms with Gasteiger partial charge in [-0.25, -0.2) is 0 Å². The van der Waals surface area contributed by atoms with Crippen LogP contribution >= 0.6 is 31.9 Å². The predicted molar refractivity (Wildman–Crippen MR) is 82.9 cm³/mol. The number of amides is 1. The van der Waals surface area contributed by atoms with Crippen molar-refractivity contribution in [3.63, 3.8) is 0 Å². The number of carbonyl (C=O) groups is 1. The minimum Gasteiger partial charge on any atom is -0.373 e. The van der Waals surface area contributed by atoms with E-state index in [-0.39, 0.29) is 18.1 Å². The van der Waals surface area contributed by atoms with Gasteiger partial charge in [0.1, 0.15) is 0 Å². The summed E-state index contributed by atoms with van der Waals surface area (Å²) in [6.07, 6.45) is 0.0735. The van der Waals surface area contributed by atoms with Crippen molar-refractivity contribution in [3.05, 3.63) is 33.8 Å². The molecular formula is C14H17Br2NO2. The number of ether oxygens (including phenoxy) is 1. The molecule has 0 radical (unpaired) electrons. The number of alkyl halides is 1. The second kappa shape index (κ2) is 6.37. The molecular weight excluding hydrogens is 374 g/mol. The summed E-state index contributed by atoms with van der Waals surface area (Å²) >= 11 is 6.89. The summed E-state index contributed by atoms with van der Waals surface area (Å²) in [5.41, 5.74) is 1.85. The van der Waals surface area contributed by atoms with Gasteiger partial charge in [0.15, 0.2) is 0 Å². The Hall–Kier alpha value is -0.390. The van der Waals surface area contributed by atoms with Crippen LogP contribution in [0.5, 0.6) is 0 Å². The fraction of sp³-hybridized carbons (Fsp3) is 0.500. The first-order valence-electron chi connectivity index (χ1n) is 6.27. The molecule has 1 fully saturated rings. The lowest BCUT2D eigenvalue weighted by molar-refractivity contribution is -0.0361. The quantitative estimate of drug-likeness (QED) is 0.724. The topological polar surface area (TPSA) is 29.5 Å². The van der Waals surface area contributed by atoms with Gasteiger partial charge < -0.3 is 9.64 Å². The van der Waals surface area contributed by atoms with Gasteiger partial charge in [0.05, 0.1) is 24.3 Å². The third-order valence-electron chi connectivity index (χ3n) is 3.29. The van der Waals surface area contributed by atoms with Crippen LogP contribution in [0, 0.1) is 6.92 Å². The van der Waals surface area contributed by atoms with Crippen LogP contribution in [-0.2, 0) is 4.74 Å². The van der Waals surface area contributed by atoms with Crippen molar-refractivity contribution in [2.75, 3.05) is 18.5 Å². The molecule has 2 rings (SSSR count). The monoisotopic (exact) mass is 389 g/mol. The van der Waals surface area contributed by atoms with E-state index in [2.05, 4.69) is 31.9 Å². The minimum absolute atomic E-state index is 0.0635. The van der Waals surface area contributed by atoms with Gasteiger partial charge in [0, 0.05) is 16.3 Å². The van der Waals surface area contributed by atoms with Crippen LogP contribution in [0.4, 0.5) is 0 Å². The van der Waals surface area contributed by atoms with Crippen molar-refractivity contribution in [1.29, 1.82) is 0 Å². The minimum atomic E-state index is 0.0635. The average molecular weight is 391 g/mol. The fourth-order valence-electron chi connectivity index (χ4n) is 2.14. The maximum Gasteiger partial charge on any atom is 0.255 e. The van der Waals surface area contributed by atoms with Gasteiger partial charge in [-0.2, -0.15) is 0 Å². The highest BCUT2D eigenvalue weighted by Crippen LogP contribution is 2.23. The number of benzene rings is 1. The zero-order chi connectivity index (χ0) is 14.0. The van der Waals surface area contributed by atoms with E-state index in [1.807, 2.05) is 36.9 Å². The Morgan fingerprint density at radius 2 is 2.26 bits per heavy atom. The van der Waals surface area contributed by atoms with Crippen LogP contribution in [-0.4, -0.2) is 41.4 Å².